The number of halogens is 1. The number of anilines is 1. The van der Waals surface area contributed by atoms with Crippen molar-refractivity contribution in [2.24, 2.45) is 0 Å². The van der Waals surface area contributed by atoms with Crippen LogP contribution in [0.4, 0.5) is 10.1 Å². The van der Waals surface area contributed by atoms with Crippen molar-refractivity contribution in [3.05, 3.63) is 64.4 Å². The van der Waals surface area contributed by atoms with Crippen LogP contribution in [0.1, 0.15) is 17.9 Å². The zero-order valence-electron chi connectivity index (χ0n) is 16.6. The first-order chi connectivity index (χ1) is 14.6. The van der Waals surface area contributed by atoms with Crippen molar-refractivity contribution in [3.8, 4) is 17.6 Å². The molecule has 0 aromatic heterocycles. The van der Waals surface area contributed by atoms with Gasteiger partial charge in [0, 0.05) is 17.9 Å². The molecule has 0 N–H and O–H groups in total. The Balaban J connectivity index is 1.72. The summed E-state index contributed by atoms with van der Waals surface area (Å²) in [5, 5.41) is 10.6. The third kappa shape index (κ3) is 3.46. The van der Waals surface area contributed by atoms with Crippen molar-refractivity contribution >= 4 is 23.4 Å². The van der Waals surface area contributed by atoms with Crippen molar-refractivity contribution in [2.75, 3.05) is 31.7 Å². The lowest BCUT2D eigenvalue weighted by Gasteiger charge is -2.42. The van der Waals surface area contributed by atoms with Crippen LogP contribution in [0.3, 0.4) is 0 Å². The van der Waals surface area contributed by atoms with Crippen LogP contribution in [0, 0.1) is 17.1 Å². The fourth-order valence-electron chi connectivity index (χ4n) is 3.80. The Bertz CT molecular complexity index is 1070. The molecule has 6 nitrogen and oxygen atoms in total. The lowest BCUT2D eigenvalue weighted by Crippen LogP contribution is -2.47. The second-order valence-corrected chi connectivity index (χ2v) is 7.86. The fraction of sp³-hybridized carbons (Fsp3) is 0.273. The van der Waals surface area contributed by atoms with Crippen LogP contribution < -0.4 is 14.4 Å². The molecule has 0 bridgehead atoms. The number of para-hydroxylation sites is 1. The van der Waals surface area contributed by atoms with Gasteiger partial charge in [-0.15, -0.1) is 0 Å². The Morgan fingerprint density at radius 1 is 1.20 bits per heavy atom. The molecule has 1 fully saturated rings. The molecular weight excluding hydrogens is 405 g/mol. The van der Waals surface area contributed by atoms with Crippen molar-refractivity contribution in [2.45, 2.75) is 12.3 Å². The van der Waals surface area contributed by atoms with E-state index in [0.29, 0.717) is 33.7 Å². The minimum Gasteiger partial charge on any atom is -0.497 e. The summed E-state index contributed by atoms with van der Waals surface area (Å²) < 4.78 is 25.0. The lowest BCUT2D eigenvalue weighted by molar-refractivity contribution is -0.129. The summed E-state index contributed by atoms with van der Waals surface area (Å²) in [4.78, 5) is 16.4. The van der Waals surface area contributed by atoms with Gasteiger partial charge in [-0.3, -0.25) is 9.69 Å². The Labute approximate surface area is 178 Å². The number of carbonyl (C=O) groups excluding carboxylic acids is 1. The van der Waals surface area contributed by atoms with E-state index in [9.17, 15) is 14.4 Å². The van der Waals surface area contributed by atoms with E-state index in [1.165, 1.54) is 17.8 Å². The SMILES string of the molecule is COc1ccc(OC)c([C@@H]2CC(=O)N3CN(c4ccccc4F)CSC3=C2C#N)c1. The number of allylic oxidation sites excluding steroid dienone is 1. The molecule has 8 heteroatoms. The standard InChI is InChI=1S/C22H20FN3O3S/c1-28-14-7-8-20(29-2)16(9-14)15-10-21(27)26-12-25(13-30-22(26)17(15)11-24)19-6-4-3-5-18(19)23/h3-9,15H,10,12-13H2,1-2H3/t15-/m0/s1. The number of hydrogen-bond acceptors (Lipinski definition) is 6. The van der Waals surface area contributed by atoms with E-state index >= 15 is 0 Å². The fourth-order valence-corrected chi connectivity index (χ4v) is 4.96. The Kier molecular flexibility index (Phi) is 5.55. The van der Waals surface area contributed by atoms with Gasteiger partial charge in [0.2, 0.25) is 5.91 Å². The summed E-state index contributed by atoms with van der Waals surface area (Å²) in [6, 6.07) is 14.1. The molecule has 0 unspecified atom stereocenters. The van der Waals surface area contributed by atoms with Crippen molar-refractivity contribution in [1.29, 1.82) is 5.26 Å². The smallest absolute Gasteiger partial charge is 0.229 e. The molecule has 2 aromatic carbocycles. The molecule has 0 saturated carbocycles. The van der Waals surface area contributed by atoms with Gasteiger partial charge in [0.15, 0.2) is 0 Å². The first kappa shape index (κ1) is 20.1. The molecule has 154 valence electrons. The molecule has 2 aliphatic heterocycles. The summed E-state index contributed by atoms with van der Waals surface area (Å²) in [6.07, 6.45) is 0.127. The van der Waals surface area contributed by atoms with Gasteiger partial charge in [-0.25, -0.2) is 4.39 Å². The average Bonchev–Trinajstić information content (AvgIpc) is 2.78. The third-order valence-electron chi connectivity index (χ3n) is 5.30. The predicted octanol–water partition coefficient (Wildman–Crippen LogP) is 4.06. The predicted molar refractivity (Wildman–Crippen MR) is 113 cm³/mol. The molecule has 1 saturated heterocycles. The number of hydrogen-bond donors (Lipinski definition) is 0. The summed E-state index contributed by atoms with van der Waals surface area (Å²) in [7, 11) is 3.13. The van der Waals surface area contributed by atoms with E-state index in [4.69, 9.17) is 9.47 Å². The molecule has 4 rings (SSSR count). The summed E-state index contributed by atoms with van der Waals surface area (Å²) in [6.45, 7) is 0.204. The van der Waals surface area contributed by atoms with Crippen molar-refractivity contribution < 1.29 is 18.7 Å². The number of fused-ring (bicyclic) bond motifs is 1. The van der Waals surface area contributed by atoms with Gasteiger partial charge in [0.05, 0.1) is 49.1 Å². The molecule has 1 atom stereocenters. The number of nitriles is 1. The van der Waals surface area contributed by atoms with E-state index in [2.05, 4.69) is 6.07 Å². The van der Waals surface area contributed by atoms with Gasteiger partial charge in [-0.2, -0.15) is 5.26 Å². The minimum absolute atomic E-state index is 0.118. The van der Waals surface area contributed by atoms with Crippen LogP contribution in [-0.2, 0) is 4.79 Å². The molecule has 0 spiro atoms. The Morgan fingerprint density at radius 3 is 2.70 bits per heavy atom. The highest BCUT2D eigenvalue weighted by molar-refractivity contribution is 8.03. The topological polar surface area (TPSA) is 65.8 Å². The van der Waals surface area contributed by atoms with Crippen LogP contribution in [0.25, 0.3) is 0 Å². The van der Waals surface area contributed by atoms with E-state index in [0.717, 1.165) is 5.56 Å². The van der Waals surface area contributed by atoms with E-state index in [-0.39, 0.29) is 24.8 Å². The quantitative estimate of drug-likeness (QED) is 0.736. The number of ether oxygens (including phenoxy) is 2. The van der Waals surface area contributed by atoms with Gasteiger partial charge < -0.3 is 14.4 Å². The third-order valence-corrected chi connectivity index (χ3v) is 6.45. The van der Waals surface area contributed by atoms with Gasteiger partial charge in [0.1, 0.15) is 17.3 Å². The van der Waals surface area contributed by atoms with Gasteiger partial charge >= 0.3 is 0 Å². The van der Waals surface area contributed by atoms with Gasteiger partial charge in [-0.05, 0) is 30.3 Å². The van der Waals surface area contributed by atoms with E-state index in [1.54, 1.807) is 54.4 Å². The maximum Gasteiger partial charge on any atom is 0.229 e. The number of carbonyl (C=O) groups is 1. The Hall–Kier alpha value is -3.18. The van der Waals surface area contributed by atoms with E-state index in [1.807, 2.05) is 6.07 Å². The number of benzene rings is 2. The summed E-state index contributed by atoms with van der Waals surface area (Å²) in [5.41, 5.74) is 1.69. The molecule has 0 aliphatic carbocycles. The molecule has 2 aromatic rings. The van der Waals surface area contributed by atoms with Crippen LogP contribution in [0.5, 0.6) is 11.5 Å². The molecule has 1 amide bonds. The van der Waals surface area contributed by atoms with E-state index < -0.39 is 5.92 Å². The molecule has 0 radical (unpaired) electrons. The van der Waals surface area contributed by atoms with Gasteiger partial charge in [-0.1, -0.05) is 23.9 Å². The van der Waals surface area contributed by atoms with Gasteiger partial charge in [0.25, 0.3) is 0 Å². The van der Waals surface area contributed by atoms with Crippen molar-refractivity contribution in [3.63, 3.8) is 0 Å². The van der Waals surface area contributed by atoms with Crippen LogP contribution in [0.15, 0.2) is 53.1 Å². The normalized spacial score (nSPS) is 18.7. The largest absolute Gasteiger partial charge is 0.497 e. The number of rotatable bonds is 4. The zero-order valence-corrected chi connectivity index (χ0v) is 17.4. The lowest BCUT2D eigenvalue weighted by atomic mass is 9.86. The van der Waals surface area contributed by atoms with Crippen LogP contribution in [-0.4, -0.2) is 37.6 Å². The highest BCUT2D eigenvalue weighted by Gasteiger charge is 2.39. The Morgan fingerprint density at radius 2 is 2.00 bits per heavy atom. The number of thioether (sulfide) groups is 1. The van der Waals surface area contributed by atoms with Crippen molar-refractivity contribution in [1.82, 2.24) is 4.90 Å². The zero-order chi connectivity index (χ0) is 21.3. The number of nitrogens with zero attached hydrogens (tertiary/aromatic N) is 3. The average molecular weight is 425 g/mol. The monoisotopic (exact) mass is 425 g/mol. The maximum absolute atomic E-state index is 14.2. The molecule has 2 aliphatic rings. The molecule has 30 heavy (non-hydrogen) atoms. The second-order valence-electron chi connectivity index (χ2n) is 6.92. The first-order valence-electron chi connectivity index (χ1n) is 9.36. The summed E-state index contributed by atoms with van der Waals surface area (Å²) in [5.74, 6) is 0.787. The maximum atomic E-state index is 14.2. The molecule has 2 heterocycles. The number of amides is 1. The first-order valence-corrected chi connectivity index (χ1v) is 10.3. The van der Waals surface area contributed by atoms with Crippen LogP contribution >= 0.6 is 11.8 Å². The highest BCUT2D eigenvalue weighted by Crippen LogP contribution is 2.46. The molecular formula is C22H20FN3O3S. The summed E-state index contributed by atoms with van der Waals surface area (Å²) >= 11 is 1.37. The second kappa shape index (κ2) is 8.28. The number of methoxy groups -OCH3 is 2. The van der Waals surface area contributed by atoms with Crippen LogP contribution in [0.2, 0.25) is 0 Å². The minimum atomic E-state index is -0.425. The highest BCUT2D eigenvalue weighted by atomic mass is 32.2.